The van der Waals surface area contributed by atoms with Crippen LogP contribution in [-0.2, 0) is 19.5 Å². The van der Waals surface area contributed by atoms with Crippen molar-refractivity contribution < 1.29 is 13.3 Å². The van der Waals surface area contributed by atoms with Crippen LogP contribution in [0.5, 0.6) is 0 Å². The number of hydrogen-bond acceptors (Lipinski definition) is 4. The predicted molar refractivity (Wildman–Crippen MR) is 106 cm³/mol. The minimum absolute atomic E-state index is 0.260. The third-order valence-electron chi connectivity index (χ3n) is 5.74. The third-order valence-corrected chi connectivity index (χ3v) is 5.74. The lowest BCUT2D eigenvalue weighted by Gasteiger charge is -2.33. The average molecular weight is 397 g/mol. The van der Waals surface area contributed by atoms with Gasteiger partial charge in [0, 0.05) is 49.6 Å². The highest BCUT2D eigenvalue weighted by atomic mass is 19.1. The van der Waals surface area contributed by atoms with E-state index in [-0.39, 0.29) is 11.9 Å². The van der Waals surface area contributed by atoms with E-state index in [4.69, 9.17) is 4.52 Å². The first-order valence-corrected chi connectivity index (χ1v) is 10.1. The normalized spacial score (nSPS) is 19.2. The number of aromatic nitrogens is 2. The van der Waals surface area contributed by atoms with E-state index >= 15 is 0 Å². The number of benzene rings is 1. The number of nitrogens with zero attached hydrogens (tertiary/aromatic N) is 3. The first kappa shape index (κ1) is 19.7. The fraction of sp³-hybridized carbons (Fsp3) is 0.391. The van der Waals surface area contributed by atoms with Crippen LogP contribution >= 0.6 is 0 Å². The fourth-order valence-electron chi connectivity index (χ4n) is 4.40. The highest BCUT2D eigenvalue weighted by Gasteiger charge is 2.33. The molecule has 2 aromatic heterocycles. The van der Waals surface area contributed by atoms with Gasteiger partial charge in [0.2, 0.25) is 0 Å². The summed E-state index contributed by atoms with van der Waals surface area (Å²) in [5.41, 5.74) is 2.38. The van der Waals surface area contributed by atoms with Crippen LogP contribution in [0.4, 0.5) is 8.78 Å². The molecule has 2 heterocycles. The van der Waals surface area contributed by atoms with Crippen LogP contribution in [0.15, 0.2) is 53.3 Å². The van der Waals surface area contributed by atoms with Gasteiger partial charge < -0.3 is 4.52 Å². The van der Waals surface area contributed by atoms with Crippen molar-refractivity contribution in [2.75, 3.05) is 0 Å². The van der Waals surface area contributed by atoms with Crippen LogP contribution in [-0.4, -0.2) is 21.1 Å². The Morgan fingerprint density at radius 1 is 1.07 bits per heavy atom. The van der Waals surface area contributed by atoms with Crippen molar-refractivity contribution in [1.29, 1.82) is 0 Å². The average Bonchev–Trinajstić information content (AvgIpc) is 3.34. The summed E-state index contributed by atoms with van der Waals surface area (Å²) in [6.07, 6.45) is 7.56. The van der Waals surface area contributed by atoms with E-state index in [1.807, 2.05) is 25.1 Å². The topological polar surface area (TPSA) is 42.2 Å². The van der Waals surface area contributed by atoms with Gasteiger partial charge in [-0.1, -0.05) is 11.6 Å². The number of hydrogen-bond donors (Lipinski definition) is 0. The minimum Gasteiger partial charge on any atom is -0.361 e. The standard InChI is InChI=1S/C23H25F2N3O/c1-16-11-21(29-27-16)13-18-3-2-4-23(18)28(14-17-7-9-26-10-8-17)15-19-12-20(24)5-6-22(19)25/h5-12,18,23H,2-4,13-15H2,1H3/t18-,23+/m0/s1. The molecule has 1 aliphatic carbocycles. The third kappa shape index (κ3) is 4.88. The molecule has 1 fully saturated rings. The van der Waals surface area contributed by atoms with Crippen LogP contribution in [0.1, 0.15) is 41.8 Å². The van der Waals surface area contributed by atoms with E-state index < -0.39 is 5.82 Å². The van der Waals surface area contributed by atoms with Crippen LogP contribution in [0.2, 0.25) is 0 Å². The van der Waals surface area contributed by atoms with Crippen LogP contribution in [0.3, 0.4) is 0 Å². The van der Waals surface area contributed by atoms with Crippen molar-refractivity contribution in [3.63, 3.8) is 0 Å². The Balaban J connectivity index is 1.58. The molecule has 0 radical (unpaired) electrons. The largest absolute Gasteiger partial charge is 0.361 e. The van der Waals surface area contributed by atoms with Crippen molar-refractivity contribution in [1.82, 2.24) is 15.0 Å². The van der Waals surface area contributed by atoms with Gasteiger partial charge in [0.1, 0.15) is 17.4 Å². The summed E-state index contributed by atoms with van der Waals surface area (Å²) in [6.45, 7) is 2.94. The SMILES string of the molecule is Cc1cc(C[C@@H]2CCC[C@H]2N(Cc2ccncc2)Cc2cc(F)ccc2F)on1. The highest BCUT2D eigenvalue weighted by Crippen LogP contribution is 2.34. The van der Waals surface area contributed by atoms with Gasteiger partial charge in [-0.05, 0) is 61.6 Å². The molecule has 6 heteroatoms. The first-order valence-electron chi connectivity index (χ1n) is 10.1. The van der Waals surface area contributed by atoms with E-state index in [2.05, 4.69) is 15.0 Å². The van der Waals surface area contributed by atoms with Crippen molar-refractivity contribution >= 4 is 0 Å². The second kappa shape index (κ2) is 8.82. The molecular weight excluding hydrogens is 372 g/mol. The molecule has 0 spiro atoms. The molecule has 2 atom stereocenters. The Labute approximate surface area is 169 Å². The van der Waals surface area contributed by atoms with Gasteiger partial charge >= 0.3 is 0 Å². The number of aryl methyl sites for hydroxylation is 1. The van der Waals surface area contributed by atoms with Crippen molar-refractivity contribution in [2.45, 2.75) is 51.7 Å². The maximum Gasteiger partial charge on any atom is 0.137 e. The van der Waals surface area contributed by atoms with Gasteiger partial charge in [-0.3, -0.25) is 9.88 Å². The maximum absolute atomic E-state index is 14.4. The Bertz CT molecular complexity index is 944. The highest BCUT2D eigenvalue weighted by molar-refractivity contribution is 5.20. The summed E-state index contributed by atoms with van der Waals surface area (Å²) in [7, 11) is 0. The van der Waals surface area contributed by atoms with Crippen molar-refractivity contribution in [3.05, 3.63) is 83.0 Å². The number of rotatable bonds is 7. The number of pyridine rings is 1. The molecule has 0 N–H and O–H groups in total. The van der Waals surface area contributed by atoms with Crippen LogP contribution < -0.4 is 0 Å². The molecule has 1 aliphatic rings. The molecule has 0 aliphatic heterocycles. The molecule has 0 saturated heterocycles. The van der Waals surface area contributed by atoms with Crippen molar-refractivity contribution in [2.24, 2.45) is 5.92 Å². The van der Waals surface area contributed by atoms with E-state index in [1.165, 1.54) is 12.1 Å². The minimum atomic E-state index is -0.412. The second-order valence-corrected chi connectivity index (χ2v) is 7.89. The van der Waals surface area contributed by atoms with E-state index in [9.17, 15) is 8.78 Å². The van der Waals surface area contributed by atoms with Crippen LogP contribution in [0, 0.1) is 24.5 Å². The second-order valence-electron chi connectivity index (χ2n) is 7.89. The summed E-state index contributed by atoms with van der Waals surface area (Å²) in [5, 5.41) is 4.00. The molecular formula is C23H25F2N3O. The lowest BCUT2D eigenvalue weighted by molar-refractivity contribution is 0.136. The fourth-order valence-corrected chi connectivity index (χ4v) is 4.40. The van der Waals surface area contributed by atoms with Crippen LogP contribution in [0.25, 0.3) is 0 Å². The zero-order valence-electron chi connectivity index (χ0n) is 16.5. The molecule has 3 aromatic rings. The van der Waals surface area contributed by atoms with E-state index in [1.54, 1.807) is 12.4 Å². The molecule has 29 heavy (non-hydrogen) atoms. The summed E-state index contributed by atoms with van der Waals surface area (Å²) >= 11 is 0. The van der Waals surface area contributed by atoms with Gasteiger partial charge in [-0.25, -0.2) is 8.78 Å². The van der Waals surface area contributed by atoms with Gasteiger partial charge in [0.25, 0.3) is 0 Å². The Hall–Kier alpha value is -2.60. The summed E-state index contributed by atoms with van der Waals surface area (Å²) < 4.78 is 33.6. The zero-order valence-corrected chi connectivity index (χ0v) is 16.5. The molecule has 4 nitrogen and oxygen atoms in total. The molecule has 1 aromatic carbocycles. The van der Waals surface area contributed by atoms with Crippen molar-refractivity contribution in [3.8, 4) is 0 Å². The molecule has 152 valence electrons. The molecule has 4 rings (SSSR count). The Morgan fingerprint density at radius 2 is 1.90 bits per heavy atom. The maximum atomic E-state index is 14.4. The summed E-state index contributed by atoms with van der Waals surface area (Å²) in [5.74, 6) is 0.498. The number of halogens is 2. The van der Waals surface area contributed by atoms with Gasteiger partial charge in [0.15, 0.2) is 0 Å². The molecule has 0 amide bonds. The summed E-state index contributed by atoms with van der Waals surface area (Å²) in [6, 6.07) is 9.86. The lowest BCUT2D eigenvalue weighted by Crippen LogP contribution is -2.38. The molecule has 1 saturated carbocycles. The molecule has 0 unspecified atom stereocenters. The monoisotopic (exact) mass is 397 g/mol. The predicted octanol–water partition coefficient (Wildman–Crippen LogP) is 5.07. The van der Waals surface area contributed by atoms with Gasteiger partial charge in [-0.2, -0.15) is 0 Å². The molecule has 0 bridgehead atoms. The van der Waals surface area contributed by atoms with E-state index in [0.717, 1.165) is 48.8 Å². The summed E-state index contributed by atoms with van der Waals surface area (Å²) in [4.78, 5) is 6.36. The van der Waals surface area contributed by atoms with Gasteiger partial charge in [-0.15, -0.1) is 0 Å². The Kier molecular flexibility index (Phi) is 6.00. The first-order chi connectivity index (χ1) is 14.1. The van der Waals surface area contributed by atoms with E-state index in [0.29, 0.717) is 24.6 Å². The zero-order chi connectivity index (χ0) is 20.2. The lowest BCUT2D eigenvalue weighted by atomic mass is 9.95. The smallest absolute Gasteiger partial charge is 0.137 e. The Morgan fingerprint density at radius 3 is 2.66 bits per heavy atom. The quantitative estimate of drug-likeness (QED) is 0.558. The van der Waals surface area contributed by atoms with Gasteiger partial charge in [0.05, 0.1) is 5.69 Å².